The van der Waals surface area contributed by atoms with E-state index in [1.54, 1.807) is 22.2 Å². The van der Waals surface area contributed by atoms with Crippen LogP contribution < -0.4 is 5.32 Å². The van der Waals surface area contributed by atoms with Gasteiger partial charge < -0.3 is 10.4 Å². The van der Waals surface area contributed by atoms with Crippen molar-refractivity contribution in [1.29, 1.82) is 0 Å². The fourth-order valence-electron chi connectivity index (χ4n) is 1.95. The van der Waals surface area contributed by atoms with Gasteiger partial charge >= 0.3 is 0 Å². The maximum atomic E-state index is 8.85. The summed E-state index contributed by atoms with van der Waals surface area (Å²) < 4.78 is 1.63. The Bertz CT molecular complexity index is 695. The second-order valence-electron chi connectivity index (χ2n) is 4.47. The fraction of sp³-hybridized carbons (Fsp3) is 0.214. The Kier molecular flexibility index (Phi) is 4.23. The van der Waals surface area contributed by atoms with Gasteiger partial charge in [0.15, 0.2) is 0 Å². The van der Waals surface area contributed by atoms with Crippen LogP contribution >= 0.6 is 11.3 Å². The van der Waals surface area contributed by atoms with Gasteiger partial charge in [-0.2, -0.15) is 0 Å². The second kappa shape index (κ2) is 6.47. The number of anilines is 1. The number of rotatable bonds is 6. The van der Waals surface area contributed by atoms with E-state index in [0.717, 1.165) is 22.0 Å². The molecule has 21 heavy (non-hydrogen) atoms. The summed E-state index contributed by atoms with van der Waals surface area (Å²) in [5, 5.41) is 23.1. The van der Waals surface area contributed by atoms with Crippen LogP contribution in [0.15, 0.2) is 42.0 Å². The third-order valence-electron chi connectivity index (χ3n) is 2.93. The molecule has 0 aliphatic carbocycles. The van der Waals surface area contributed by atoms with Gasteiger partial charge in [-0.15, -0.1) is 16.4 Å². The molecular formula is C14H15N5OS. The molecule has 0 atom stereocenters. The molecule has 0 fully saturated rings. The lowest BCUT2D eigenvalue weighted by molar-refractivity contribution is 0.268. The van der Waals surface area contributed by atoms with E-state index in [9.17, 15) is 0 Å². The zero-order valence-electron chi connectivity index (χ0n) is 11.3. The first kappa shape index (κ1) is 13.7. The van der Waals surface area contributed by atoms with Gasteiger partial charge in [0.25, 0.3) is 0 Å². The highest BCUT2D eigenvalue weighted by atomic mass is 32.1. The molecule has 0 aliphatic heterocycles. The summed E-state index contributed by atoms with van der Waals surface area (Å²) in [5.41, 5.74) is 2.95. The van der Waals surface area contributed by atoms with Crippen molar-refractivity contribution in [3.63, 3.8) is 0 Å². The second-order valence-corrected chi connectivity index (χ2v) is 5.36. The zero-order valence-corrected chi connectivity index (χ0v) is 12.1. The summed E-state index contributed by atoms with van der Waals surface area (Å²) in [4.78, 5) is 4.31. The first-order chi connectivity index (χ1) is 10.3. The number of nitrogens with one attached hydrogen (secondary N) is 1. The first-order valence-corrected chi connectivity index (χ1v) is 7.47. The monoisotopic (exact) mass is 301 g/mol. The van der Waals surface area contributed by atoms with Crippen LogP contribution in [0.1, 0.15) is 5.69 Å². The van der Waals surface area contributed by atoms with Gasteiger partial charge in [0.1, 0.15) is 10.7 Å². The molecule has 7 heteroatoms. The standard InChI is InChI=1S/C14H15N5OS/c20-6-5-19-10-13(17-18-19)9-16-12-3-1-2-11(8-12)14-15-4-7-21-14/h1-4,7-8,10,16,20H,5-6,9H2. The zero-order chi connectivity index (χ0) is 14.5. The third-order valence-corrected chi connectivity index (χ3v) is 3.75. The van der Waals surface area contributed by atoms with Crippen molar-refractivity contribution in [2.24, 2.45) is 0 Å². The Labute approximate surface area is 126 Å². The summed E-state index contributed by atoms with van der Waals surface area (Å²) in [6.07, 6.45) is 3.63. The van der Waals surface area contributed by atoms with E-state index in [1.807, 2.05) is 29.8 Å². The van der Waals surface area contributed by atoms with E-state index in [0.29, 0.717) is 13.1 Å². The van der Waals surface area contributed by atoms with Crippen LogP contribution in [0.3, 0.4) is 0 Å². The van der Waals surface area contributed by atoms with Crippen LogP contribution in [0.25, 0.3) is 10.6 Å². The number of benzene rings is 1. The van der Waals surface area contributed by atoms with Crippen molar-refractivity contribution >= 4 is 17.0 Å². The van der Waals surface area contributed by atoms with Gasteiger partial charge in [0, 0.05) is 22.8 Å². The molecule has 2 heterocycles. The van der Waals surface area contributed by atoms with Crippen molar-refractivity contribution in [2.45, 2.75) is 13.1 Å². The van der Waals surface area contributed by atoms with Crippen LogP contribution in [0.2, 0.25) is 0 Å². The van der Waals surface area contributed by atoms with Gasteiger partial charge in [0.2, 0.25) is 0 Å². The largest absolute Gasteiger partial charge is 0.394 e. The van der Waals surface area contributed by atoms with E-state index >= 15 is 0 Å². The van der Waals surface area contributed by atoms with E-state index in [-0.39, 0.29) is 6.61 Å². The van der Waals surface area contributed by atoms with Gasteiger partial charge in [-0.05, 0) is 12.1 Å². The van der Waals surface area contributed by atoms with Crippen LogP contribution in [0.4, 0.5) is 5.69 Å². The lowest BCUT2D eigenvalue weighted by Gasteiger charge is -2.05. The van der Waals surface area contributed by atoms with Crippen molar-refractivity contribution in [3.05, 3.63) is 47.7 Å². The average molecular weight is 301 g/mol. The molecule has 2 aromatic heterocycles. The van der Waals surface area contributed by atoms with Gasteiger partial charge in [-0.1, -0.05) is 17.3 Å². The fourth-order valence-corrected chi connectivity index (χ4v) is 2.59. The molecule has 3 rings (SSSR count). The minimum absolute atomic E-state index is 0.0616. The molecule has 0 aliphatic rings. The molecule has 2 N–H and O–H groups in total. The van der Waals surface area contributed by atoms with Crippen molar-refractivity contribution < 1.29 is 5.11 Å². The summed E-state index contributed by atoms with van der Waals surface area (Å²) >= 11 is 1.62. The molecule has 0 unspecified atom stereocenters. The Hall–Kier alpha value is -2.25. The highest BCUT2D eigenvalue weighted by molar-refractivity contribution is 7.13. The average Bonchev–Trinajstić information content (AvgIpc) is 3.18. The Morgan fingerprint density at radius 2 is 2.29 bits per heavy atom. The molecule has 108 valence electrons. The number of aliphatic hydroxyl groups is 1. The van der Waals surface area contributed by atoms with Crippen LogP contribution in [-0.4, -0.2) is 31.7 Å². The number of hydrogen-bond acceptors (Lipinski definition) is 6. The Balaban J connectivity index is 1.66. The van der Waals surface area contributed by atoms with Crippen molar-refractivity contribution in [2.75, 3.05) is 11.9 Å². The lowest BCUT2D eigenvalue weighted by Crippen LogP contribution is -2.02. The van der Waals surface area contributed by atoms with Crippen LogP contribution in [0, 0.1) is 0 Å². The van der Waals surface area contributed by atoms with Crippen molar-refractivity contribution in [3.8, 4) is 10.6 Å². The highest BCUT2D eigenvalue weighted by Crippen LogP contribution is 2.24. The molecule has 0 radical (unpaired) electrons. The summed E-state index contributed by atoms with van der Waals surface area (Å²) in [5.74, 6) is 0. The minimum atomic E-state index is 0.0616. The Morgan fingerprint density at radius 3 is 3.10 bits per heavy atom. The lowest BCUT2D eigenvalue weighted by atomic mass is 10.2. The maximum Gasteiger partial charge on any atom is 0.123 e. The summed E-state index contributed by atoms with van der Waals surface area (Å²) in [7, 11) is 0. The topological polar surface area (TPSA) is 75.9 Å². The van der Waals surface area contributed by atoms with E-state index < -0.39 is 0 Å². The summed E-state index contributed by atoms with van der Waals surface area (Å²) in [6, 6.07) is 8.12. The summed E-state index contributed by atoms with van der Waals surface area (Å²) in [6.45, 7) is 1.12. The molecule has 0 saturated heterocycles. The number of thiazole rings is 1. The molecule has 1 aromatic carbocycles. The number of aliphatic hydroxyl groups excluding tert-OH is 1. The number of aromatic nitrogens is 4. The minimum Gasteiger partial charge on any atom is -0.394 e. The third kappa shape index (κ3) is 3.45. The molecule has 0 amide bonds. The van der Waals surface area contributed by atoms with Crippen molar-refractivity contribution in [1.82, 2.24) is 20.0 Å². The predicted octanol–water partition coefficient (Wildman–Crippen LogP) is 2.01. The molecule has 3 aromatic rings. The smallest absolute Gasteiger partial charge is 0.123 e. The maximum absolute atomic E-state index is 8.85. The van der Waals surface area contributed by atoms with E-state index in [2.05, 4.69) is 26.7 Å². The normalized spacial score (nSPS) is 10.7. The molecule has 0 saturated carbocycles. The quantitative estimate of drug-likeness (QED) is 0.728. The number of nitrogens with zero attached hydrogens (tertiary/aromatic N) is 4. The Morgan fingerprint density at radius 1 is 1.33 bits per heavy atom. The van der Waals surface area contributed by atoms with Gasteiger partial charge in [-0.3, -0.25) is 0 Å². The molecule has 0 bridgehead atoms. The van der Waals surface area contributed by atoms with Crippen LogP contribution in [-0.2, 0) is 13.1 Å². The first-order valence-electron chi connectivity index (χ1n) is 6.59. The van der Waals surface area contributed by atoms with E-state index in [1.165, 1.54) is 0 Å². The molecular weight excluding hydrogens is 286 g/mol. The van der Waals surface area contributed by atoms with Gasteiger partial charge in [-0.25, -0.2) is 9.67 Å². The molecule has 6 nitrogen and oxygen atoms in total. The van der Waals surface area contributed by atoms with Crippen LogP contribution in [0.5, 0.6) is 0 Å². The van der Waals surface area contributed by atoms with Gasteiger partial charge in [0.05, 0.1) is 25.9 Å². The number of hydrogen-bond donors (Lipinski definition) is 2. The predicted molar refractivity (Wildman–Crippen MR) is 82.0 cm³/mol. The highest BCUT2D eigenvalue weighted by Gasteiger charge is 2.03. The molecule has 0 spiro atoms. The SMILES string of the molecule is OCCn1cc(CNc2cccc(-c3nccs3)c2)nn1. The van der Waals surface area contributed by atoms with E-state index in [4.69, 9.17) is 5.11 Å².